The minimum atomic E-state index is -0.373. The second-order valence-corrected chi connectivity index (χ2v) is 8.65. The Balaban J connectivity index is 1.22. The predicted molar refractivity (Wildman–Crippen MR) is 128 cm³/mol. The Morgan fingerprint density at radius 2 is 1.97 bits per heavy atom. The minimum Gasteiger partial charge on any atom is -0.441 e. The molecular weight excluding hydrogens is 435 g/mol. The van der Waals surface area contributed by atoms with Gasteiger partial charge in [0, 0.05) is 38.2 Å². The van der Waals surface area contributed by atoms with Crippen molar-refractivity contribution in [2.75, 3.05) is 25.0 Å². The standard InChI is InChI=1S/C26H29FN4O3/c1-18-8-10-20(11-9-18)30-26(33)29-15-19-5-4-14-31(17-19)25(32)13-12-24-28-16-23(34-24)21-6-2-3-7-22(21)27/h2-3,6-11,16,19H,4-5,12-15,17H2,1H3,(H2,29,30,33). The first kappa shape index (κ1) is 23.5. The molecule has 4 rings (SSSR count). The highest BCUT2D eigenvalue weighted by atomic mass is 19.1. The van der Waals surface area contributed by atoms with Gasteiger partial charge in [0.05, 0.1) is 11.8 Å². The first-order chi connectivity index (χ1) is 16.5. The summed E-state index contributed by atoms with van der Waals surface area (Å²) in [5.41, 5.74) is 2.23. The molecule has 7 nitrogen and oxygen atoms in total. The van der Waals surface area contributed by atoms with E-state index in [-0.39, 0.29) is 30.1 Å². The van der Waals surface area contributed by atoms with Gasteiger partial charge in [-0.05, 0) is 49.9 Å². The Labute approximate surface area is 198 Å². The monoisotopic (exact) mass is 464 g/mol. The van der Waals surface area contributed by atoms with E-state index in [1.54, 1.807) is 18.2 Å². The topological polar surface area (TPSA) is 87.5 Å². The van der Waals surface area contributed by atoms with Crippen LogP contribution in [0.15, 0.2) is 59.1 Å². The van der Waals surface area contributed by atoms with Gasteiger partial charge in [-0.15, -0.1) is 0 Å². The van der Waals surface area contributed by atoms with Crippen molar-refractivity contribution in [2.45, 2.75) is 32.6 Å². The Bertz CT molecular complexity index is 1130. The van der Waals surface area contributed by atoms with Gasteiger partial charge in [0.25, 0.3) is 0 Å². The number of carbonyl (C=O) groups excluding carboxylic acids is 2. The van der Waals surface area contributed by atoms with Gasteiger partial charge in [-0.2, -0.15) is 0 Å². The number of benzene rings is 2. The number of rotatable bonds is 7. The van der Waals surface area contributed by atoms with Crippen LogP contribution in [0, 0.1) is 18.7 Å². The average molecular weight is 465 g/mol. The van der Waals surface area contributed by atoms with E-state index >= 15 is 0 Å². The zero-order chi connectivity index (χ0) is 23.9. The van der Waals surface area contributed by atoms with E-state index < -0.39 is 0 Å². The first-order valence-corrected chi connectivity index (χ1v) is 11.6. The molecule has 1 atom stereocenters. The largest absolute Gasteiger partial charge is 0.441 e. The zero-order valence-electron chi connectivity index (χ0n) is 19.2. The Kier molecular flexibility index (Phi) is 7.57. The van der Waals surface area contributed by atoms with Gasteiger partial charge < -0.3 is 20.0 Å². The Morgan fingerprint density at radius 1 is 1.18 bits per heavy atom. The summed E-state index contributed by atoms with van der Waals surface area (Å²) in [6.45, 7) is 3.81. The van der Waals surface area contributed by atoms with Crippen LogP contribution in [-0.4, -0.2) is 41.5 Å². The summed E-state index contributed by atoms with van der Waals surface area (Å²) in [4.78, 5) is 31.0. The summed E-state index contributed by atoms with van der Waals surface area (Å²) in [6, 6.07) is 13.7. The Hall–Kier alpha value is -3.68. The van der Waals surface area contributed by atoms with Crippen LogP contribution in [0.2, 0.25) is 0 Å². The SMILES string of the molecule is Cc1ccc(NC(=O)NCC2CCCN(C(=O)CCc3ncc(-c4ccccc4F)o3)C2)cc1. The average Bonchev–Trinajstić information content (AvgIpc) is 3.32. The molecule has 2 heterocycles. The summed E-state index contributed by atoms with van der Waals surface area (Å²) in [5.74, 6) is 0.625. The molecule has 34 heavy (non-hydrogen) atoms. The molecule has 0 radical (unpaired) electrons. The molecular formula is C26H29FN4O3. The maximum atomic E-state index is 13.9. The highest BCUT2D eigenvalue weighted by Gasteiger charge is 2.24. The van der Waals surface area contributed by atoms with Crippen molar-refractivity contribution in [2.24, 2.45) is 5.92 Å². The molecule has 1 aliphatic heterocycles. The van der Waals surface area contributed by atoms with E-state index in [2.05, 4.69) is 15.6 Å². The van der Waals surface area contributed by atoms with Crippen LogP contribution in [0.5, 0.6) is 0 Å². The highest BCUT2D eigenvalue weighted by molar-refractivity contribution is 5.89. The van der Waals surface area contributed by atoms with Crippen molar-refractivity contribution in [1.82, 2.24) is 15.2 Å². The van der Waals surface area contributed by atoms with Crippen molar-refractivity contribution < 1.29 is 18.4 Å². The molecule has 0 aliphatic carbocycles. The van der Waals surface area contributed by atoms with E-state index in [1.165, 1.54) is 12.3 Å². The van der Waals surface area contributed by atoms with Crippen molar-refractivity contribution in [1.29, 1.82) is 0 Å². The summed E-state index contributed by atoms with van der Waals surface area (Å²) < 4.78 is 19.6. The van der Waals surface area contributed by atoms with Crippen molar-refractivity contribution in [3.63, 3.8) is 0 Å². The van der Waals surface area contributed by atoms with Crippen molar-refractivity contribution in [3.8, 4) is 11.3 Å². The Morgan fingerprint density at radius 3 is 2.76 bits per heavy atom. The van der Waals surface area contributed by atoms with Crippen LogP contribution >= 0.6 is 0 Å². The zero-order valence-corrected chi connectivity index (χ0v) is 19.2. The number of amides is 3. The predicted octanol–water partition coefficient (Wildman–Crippen LogP) is 4.78. The fourth-order valence-corrected chi connectivity index (χ4v) is 4.09. The van der Waals surface area contributed by atoms with Gasteiger partial charge in [0.1, 0.15) is 5.82 Å². The van der Waals surface area contributed by atoms with Crippen LogP contribution in [0.1, 0.15) is 30.7 Å². The third kappa shape index (κ3) is 6.21. The second-order valence-electron chi connectivity index (χ2n) is 8.65. The molecule has 1 aromatic heterocycles. The number of urea groups is 1. The molecule has 1 saturated heterocycles. The summed E-state index contributed by atoms with van der Waals surface area (Å²) in [6.07, 6.45) is 3.97. The van der Waals surface area contributed by atoms with E-state index in [0.717, 1.165) is 24.1 Å². The number of hydrogen-bond acceptors (Lipinski definition) is 4. The third-order valence-corrected chi connectivity index (χ3v) is 5.98. The summed E-state index contributed by atoms with van der Waals surface area (Å²) in [7, 11) is 0. The number of piperidine rings is 1. The van der Waals surface area contributed by atoms with Crippen LogP contribution in [0.3, 0.4) is 0 Å². The number of aryl methyl sites for hydroxylation is 2. The van der Waals surface area contributed by atoms with Gasteiger partial charge in [-0.25, -0.2) is 14.2 Å². The van der Waals surface area contributed by atoms with Gasteiger partial charge in [0.15, 0.2) is 11.7 Å². The normalized spacial score (nSPS) is 15.7. The van der Waals surface area contributed by atoms with E-state index in [9.17, 15) is 14.0 Å². The van der Waals surface area contributed by atoms with Crippen LogP contribution < -0.4 is 10.6 Å². The number of oxazole rings is 1. The molecule has 1 fully saturated rings. The third-order valence-electron chi connectivity index (χ3n) is 5.98. The lowest BCUT2D eigenvalue weighted by atomic mass is 9.97. The lowest BCUT2D eigenvalue weighted by molar-refractivity contribution is -0.133. The van der Waals surface area contributed by atoms with Gasteiger partial charge in [-0.3, -0.25) is 4.79 Å². The fraction of sp³-hybridized carbons (Fsp3) is 0.346. The summed E-state index contributed by atoms with van der Waals surface area (Å²) in [5, 5.41) is 5.74. The van der Waals surface area contributed by atoms with Crippen LogP contribution in [0.25, 0.3) is 11.3 Å². The van der Waals surface area contributed by atoms with Gasteiger partial charge in [-0.1, -0.05) is 29.8 Å². The smallest absolute Gasteiger partial charge is 0.319 e. The highest BCUT2D eigenvalue weighted by Crippen LogP contribution is 2.24. The second kappa shape index (κ2) is 11.0. The first-order valence-electron chi connectivity index (χ1n) is 11.6. The molecule has 0 saturated carbocycles. The lowest BCUT2D eigenvalue weighted by Crippen LogP contribution is -2.44. The minimum absolute atomic E-state index is 0.0273. The number of halogens is 1. The van der Waals surface area contributed by atoms with Crippen molar-refractivity contribution >= 4 is 17.6 Å². The number of hydrogen-bond donors (Lipinski definition) is 2. The molecule has 1 aliphatic rings. The van der Waals surface area contributed by atoms with Crippen LogP contribution in [-0.2, 0) is 11.2 Å². The molecule has 2 N–H and O–H groups in total. The molecule has 1 unspecified atom stereocenters. The summed E-state index contributed by atoms with van der Waals surface area (Å²) >= 11 is 0. The molecule has 0 bridgehead atoms. The number of anilines is 1. The maximum Gasteiger partial charge on any atom is 0.319 e. The van der Waals surface area contributed by atoms with E-state index in [1.807, 2.05) is 36.1 Å². The number of likely N-dealkylation sites (tertiary alicyclic amines) is 1. The molecule has 8 heteroatoms. The molecule has 3 aromatic rings. The number of aromatic nitrogens is 1. The number of nitrogens with zero attached hydrogens (tertiary/aromatic N) is 2. The number of nitrogens with one attached hydrogen (secondary N) is 2. The van der Waals surface area contributed by atoms with E-state index in [4.69, 9.17) is 4.42 Å². The quantitative estimate of drug-likeness (QED) is 0.527. The van der Waals surface area contributed by atoms with Crippen molar-refractivity contribution in [3.05, 3.63) is 72.0 Å². The lowest BCUT2D eigenvalue weighted by Gasteiger charge is -2.33. The van der Waals surface area contributed by atoms with Gasteiger partial charge >= 0.3 is 6.03 Å². The molecule has 0 spiro atoms. The molecule has 3 amide bonds. The fourth-order valence-electron chi connectivity index (χ4n) is 4.09. The molecule has 178 valence electrons. The van der Waals surface area contributed by atoms with Gasteiger partial charge in [0.2, 0.25) is 5.91 Å². The van der Waals surface area contributed by atoms with E-state index in [0.29, 0.717) is 43.3 Å². The molecule has 2 aromatic carbocycles. The van der Waals surface area contributed by atoms with Crippen LogP contribution in [0.4, 0.5) is 14.9 Å². The number of carbonyl (C=O) groups is 2. The maximum absolute atomic E-state index is 13.9.